The van der Waals surface area contributed by atoms with Crippen molar-refractivity contribution < 1.29 is 29.3 Å². The number of carbonyl (C=O) groups is 3. The van der Waals surface area contributed by atoms with Crippen molar-refractivity contribution in [3.8, 4) is 5.75 Å². The lowest BCUT2D eigenvalue weighted by molar-refractivity contribution is -0.134. The van der Waals surface area contributed by atoms with Crippen LogP contribution < -0.4 is 15.0 Å². The molecule has 0 aromatic heterocycles. The summed E-state index contributed by atoms with van der Waals surface area (Å²) >= 11 is 0. The molecule has 1 unspecified atom stereocenters. The third-order valence-electron chi connectivity index (χ3n) is 7.42. The van der Waals surface area contributed by atoms with Gasteiger partial charge in [0.15, 0.2) is 0 Å². The quantitative estimate of drug-likeness (QED) is 0.373. The van der Waals surface area contributed by atoms with Crippen molar-refractivity contribution in [3.05, 3.63) is 72.3 Å². The van der Waals surface area contributed by atoms with E-state index in [0.29, 0.717) is 24.5 Å². The normalized spacial score (nSPS) is 17.0. The Labute approximate surface area is 236 Å². The third kappa shape index (κ3) is 10.0. The summed E-state index contributed by atoms with van der Waals surface area (Å²) in [7, 11) is 1.73. The molecule has 2 aliphatic rings. The lowest BCUT2D eigenvalue weighted by Gasteiger charge is -2.36. The van der Waals surface area contributed by atoms with Crippen LogP contribution in [0.4, 0.5) is 5.69 Å². The molecule has 1 atom stereocenters. The molecule has 1 aliphatic carbocycles. The highest BCUT2D eigenvalue weighted by Crippen LogP contribution is 2.34. The van der Waals surface area contributed by atoms with Crippen molar-refractivity contribution in [3.63, 3.8) is 0 Å². The van der Waals surface area contributed by atoms with Crippen LogP contribution in [-0.4, -0.2) is 72.8 Å². The Bertz CT molecular complexity index is 1090. The van der Waals surface area contributed by atoms with Crippen LogP contribution in [0.2, 0.25) is 0 Å². The minimum absolute atomic E-state index is 0.145. The van der Waals surface area contributed by atoms with E-state index in [2.05, 4.69) is 51.5 Å². The van der Waals surface area contributed by atoms with E-state index >= 15 is 0 Å². The topological polar surface area (TPSA) is 119 Å². The second-order valence-electron chi connectivity index (χ2n) is 10.1. The summed E-state index contributed by atoms with van der Waals surface area (Å²) in [5.41, 5.74) is 2.41. The van der Waals surface area contributed by atoms with Gasteiger partial charge in [0.05, 0.1) is 18.8 Å². The zero-order chi connectivity index (χ0) is 28.7. The van der Waals surface area contributed by atoms with Crippen LogP contribution in [0.5, 0.6) is 5.75 Å². The fourth-order valence-electron chi connectivity index (χ4n) is 5.35. The van der Waals surface area contributed by atoms with Gasteiger partial charge in [0.1, 0.15) is 5.75 Å². The van der Waals surface area contributed by atoms with Crippen LogP contribution >= 0.6 is 0 Å². The molecule has 216 valence electrons. The second kappa shape index (κ2) is 16.3. The molecule has 0 bridgehead atoms. The first-order chi connectivity index (χ1) is 19.4. The minimum Gasteiger partial charge on any atom is -0.495 e. The van der Waals surface area contributed by atoms with E-state index in [9.17, 15) is 14.4 Å². The van der Waals surface area contributed by atoms with E-state index < -0.39 is 11.9 Å². The van der Waals surface area contributed by atoms with Crippen LogP contribution in [0, 0.1) is 5.92 Å². The predicted octanol–water partition coefficient (Wildman–Crippen LogP) is 4.36. The maximum Gasteiger partial charge on any atom is 0.328 e. The van der Waals surface area contributed by atoms with E-state index in [4.69, 9.17) is 14.9 Å². The van der Waals surface area contributed by atoms with E-state index in [1.54, 1.807) is 7.11 Å². The summed E-state index contributed by atoms with van der Waals surface area (Å²) in [6.45, 7) is 4.66. The van der Waals surface area contributed by atoms with E-state index in [0.717, 1.165) is 44.2 Å². The average molecular weight is 552 g/mol. The summed E-state index contributed by atoms with van der Waals surface area (Å²) in [6, 6.07) is 18.9. The number of para-hydroxylation sites is 2. The number of benzene rings is 2. The number of piperazine rings is 1. The number of ether oxygens (including phenoxy) is 1. The highest BCUT2D eigenvalue weighted by molar-refractivity contribution is 5.89. The SMILES string of the molecule is COc1ccccc1N1CCN(CCC(=O)NC(c2ccccc2)C2CCCCC2)CC1.O=C(O)/C=C\C(=O)O. The number of rotatable bonds is 10. The summed E-state index contributed by atoms with van der Waals surface area (Å²) in [5.74, 6) is -0.856. The first-order valence-corrected chi connectivity index (χ1v) is 14.0. The number of anilines is 1. The molecule has 9 heteroatoms. The number of aliphatic carboxylic acids is 2. The molecule has 40 heavy (non-hydrogen) atoms. The fraction of sp³-hybridized carbons (Fsp3) is 0.452. The molecule has 0 radical (unpaired) electrons. The Morgan fingerprint density at radius 2 is 1.50 bits per heavy atom. The summed E-state index contributed by atoms with van der Waals surface area (Å²) in [4.78, 5) is 36.8. The highest BCUT2D eigenvalue weighted by atomic mass is 16.5. The Morgan fingerprint density at radius 1 is 0.900 bits per heavy atom. The van der Waals surface area contributed by atoms with Crippen molar-refractivity contribution in [2.24, 2.45) is 5.92 Å². The first-order valence-electron chi connectivity index (χ1n) is 14.0. The number of amides is 1. The first kappa shape index (κ1) is 30.7. The molecular formula is C31H41N3O6. The highest BCUT2D eigenvalue weighted by Gasteiger charge is 2.27. The summed E-state index contributed by atoms with van der Waals surface area (Å²) in [5, 5.41) is 19.0. The van der Waals surface area contributed by atoms with E-state index in [-0.39, 0.29) is 11.9 Å². The molecule has 1 saturated carbocycles. The Balaban J connectivity index is 0.000000482. The van der Waals surface area contributed by atoms with E-state index in [1.165, 1.54) is 37.7 Å². The molecule has 1 heterocycles. The van der Waals surface area contributed by atoms with Crippen LogP contribution in [0.3, 0.4) is 0 Å². The van der Waals surface area contributed by atoms with Crippen molar-refractivity contribution in [2.75, 3.05) is 44.7 Å². The molecule has 1 saturated heterocycles. The molecule has 1 amide bonds. The Morgan fingerprint density at radius 3 is 2.10 bits per heavy atom. The van der Waals surface area contributed by atoms with Gasteiger partial charge in [-0.15, -0.1) is 0 Å². The number of carboxylic acid groups (broad SMARTS) is 2. The summed E-state index contributed by atoms with van der Waals surface area (Å²) in [6.07, 6.45) is 7.98. The number of carbonyl (C=O) groups excluding carboxylic acids is 1. The van der Waals surface area contributed by atoms with Crippen molar-refractivity contribution in [1.29, 1.82) is 0 Å². The number of nitrogens with one attached hydrogen (secondary N) is 1. The zero-order valence-electron chi connectivity index (χ0n) is 23.2. The predicted molar refractivity (Wildman–Crippen MR) is 155 cm³/mol. The second-order valence-corrected chi connectivity index (χ2v) is 10.1. The van der Waals surface area contributed by atoms with Crippen molar-refractivity contribution in [2.45, 2.75) is 44.6 Å². The van der Waals surface area contributed by atoms with Crippen LogP contribution in [0.15, 0.2) is 66.7 Å². The molecule has 4 rings (SSSR count). The number of carboxylic acids is 2. The molecule has 2 aromatic rings. The molecule has 1 aliphatic heterocycles. The van der Waals surface area contributed by atoms with Gasteiger partial charge >= 0.3 is 11.9 Å². The fourth-order valence-corrected chi connectivity index (χ4v) is 5.35. The summed E-state index contributed by atoms with van der Waals surface area (Å²) < 4.78 is 5.52. The molecule has 2 aromatic carbocycles. The Kier molecular flexibility index (Phi) is 12.5. The number of hydrogen-bond donors (Lipinski definition) is 3. The van der Waals surface area contributed by atoms with Gasteiger partial charge in [0.25, 0.3) is 0 Å². The smallest absolute Gasteiger partial charge is 0.328 e. The van der Waals surface area contributed by atoms with Crippen molar-refractivity contribution in [1.82, 2.24) is 10.2 Å². The number of nitrogens with zero attached hydrogens (tertiary/aromatic N) is 2. The molecular weight excluding hydrogens is 510 g/mol. The zero-order valence-corrected chi connectivity index (χ0v) is 23.2. The van der Waals surface area contributed by atoms with Gasteiger partial charge in [0, 0.05) is 51.3 Å². The standard InChI is InChI=1S/C27H37N3O2.C4H4O4/c1-32-25-15-9-8-14-24(25)30-20-18-29(19-21-30)17-16-26(31)28-27(22-10-4-2-5-11-22)23-12-6-3-7-13-23;5-3(6)1-2-4(7)8/h2,4-5,8-11,14-15,23,27H,3,6-7,12-13,16-21H2,1H3,(H,28,31);1-2H,(H,5,6)(H,7,8)/b;2-1-. The van der Waals surface area contributed by atoms with Crippen LogP contribution in [0.25, 0.3) is 0 Å². The van der Waals surface area contributed by atoms with E-state index in [1.807, 2.05) is 18.2 Å². The van der Waals surface area contributed by atoms with Gasteiger partial charge in [-0.3, -0.25) is 9.69 Å². The van der Waals surface area contributed by atoms with Gasteiger partial charge in [-0.05, 0) is 36.5 Å². The lowest BCUT2D eigenvalue weighted by Crippen LogP contribution is -2.47. The largest absolute Gasteiger partial charge is 0.495 e. The molecule has 2 fully saturated rings. The maximum absolute atomic E-state index is 12.9. The lowest BCUT2D eigenvalue weighted by atomic mass is 9.81. The van der Waals surface area contributed by atoms with Gasteiger partial charge < -0.3 is 25.2 Å². The molecule has 3 N–H and O–H groups in total. The van der Waals surface area contributed by atoms with Crippen molar-refractivity contribution >= 4 is 23.5 Å². The maximum atomic E-state index is 12.9. The number of methoxy groups -OCH3 is 1. The molecule has 0 spiro atoms. The van der Waals surface area contributed by atoms with Gasteiger partial charge in [-0.25, -0.2) is 9.59 Å². The van der Waals surface area contributed by atoms with Crippen LogP contribution in [0.1, 0.15) is 50.1 Å². The number of hydrogen-bond acceptors (Lipinski definition) is 6. The molecule has 9 nitrogen and oxygen atoms in total. The van der Waals surface area contributed by atoms with Gasteiger partial charge in [-0.2, -0.15) is 0 Å². The Hall–Kier alpha value is -3.85. The van der Waals surface area contributed by atoms with Gasteiger partial charge in [-0.1, -0.05) is 61.7 Å². The van der Waals surface area contributed by atoms with Crippen LogP contribution in [-0.2, 0) is 14.4 Å². The minimum atomic E-state index is -1.26. The average Bonchev–Trinajstić information content (AvgIpc) is 2.99. The van der Waals surface area contributed by atoms with Gasteiger partial charge in [0.2, 0.25) is 5.91 Å². The monoisotopic (exact) mass is 551 g/mol. The third-order valence-corrected chi connectivity index (χ3v) is 7.42.